The highest BCUT2D eigenvalue weighted by Crippen LogP contribution is 2.27. The lowest BCUT2D eigenvalue weighted by Crippen LogP contribution is -2.48. The number of oxazole rings is 1. The summed E-state index contributed by atoms with van der Waals surface area (Å²) in [4.78, 5) is 26.6. The molecule has 0 spiro atoms. The first-order valence-electron chi connectivity index (χ1n) is 9.13. The summed E-state index contributed by atoms with van der Waals surface area (Å²) in [5.41, 5.74) is 1.11. The first-order chi connectivity index (χ1) is 12.3. The van der Waals surface area contributed by atoms with Crippen LogP contribution in [0.4, 0.5) is 0 Å². The number of piperidine rings is 1. The third kappa shape index (κ3) is 4.13. The van der Waals surface area contributed by atoms with Crippen molar-refractivity contribution in [3.05, 3.63) is 33.8 Å². The van der Waals surface area contributed by atoms with E-state index in [2.05, 4.69) is 17.1 Å². The number of benzene rings is 1. The molecule has 0 saturated carbocycles. The summed E-state index contributed by atoms with van der Waals surface area (Å²) in [5.74, 6) is -0.295. The van der Waals surface area contributed by atoms with E-state index in [0.717, 1.165) is 37.9 Å². The molecule has 0 aliphatic carbocycles. The van der Waals surface area contributed by atoms with Crippen LogP contribution < -0.4 is 11.1 Å². The Kier molecular flexibility index (Phi) is 5.44. The first kappa shape index (κ1) is 19.0. The van der Waals surface area contributed by atoms with Crippen molar-refractivity contribution in [1.82, 2.24) is 14.8 Å². The molecule has 3 rings (SSSR count). The maximum absolute atomic E-state index is 12.3. The van der Waals surface area contributed by atoms with Crippen LogP contribution in [0, 0.1) is 0 Å². The van der Waals surface area contributed by atoms with Crippen molar-refractivity contribution in [2.24, 2.45) is 0 Å². The second-order valence-corrected chi connectivity index (χ2v) is 8.08. The van der Waals surface area contributed by atoms with E-state index in [-0.39, 0.29) is 23.2 Å². The van der Waals surface area contributed by atoms with E-state index in [1.165, 1.54) is 0 Å². The van der Waals surface area contributed by atoms with Gasteiger partial charge in [-0.3, -0.25) is 14.3 Å². The van der Waals surface area contributed by atoms with Crippen molar-refractivity contribution in [2.75, 3.05) is 19.6 Å². The van der Waals surface area contributed by atoms with Crippen molar-refractivity contribution >= 4 is 28.6 Å². The van der Waals surface area contributed by atoms with E-state index in [1.54, 1.807) is 22.8 Å². The molecule has 1 N–H and O–H groups in total. The molecule has 1 amide bonds. The summed E-state index contributed by atoms with van der Waals surface area (Å²) in [5, 5.41) is 3.65. The Morgan fingerprint density at radius 2 is 2.04 bits per heavy atom. The molecule has 1 saturated heterocycles. The SMILES string of the molecule is CCC(C)(C)NC(=O)CN1CCC(n2c(=O)oc3ccc(Cl)cc32)CC1. The summed E-state index contributed by atoms with van der Waals surface area (Å²) < 4.78 is 7.04. The maximum Gasteiger partial charge on any atom is 0.420 e. The zero-order chi connectivity index (χ0) is 18.9. The van der Waals surface area contributed by atoms with Crippen LogP contribution in [-0.4, -0.2) is 40.5 Å². The number of hydrogen-bond acceptors (Lipinski definition) is 4. The highest BCUT2D eigenvalue weighted by atomic mass is 35.5. The van der Waals surface area contributed by atoms with Crippen molar-refractivity contribution in [1.29, 1.82) is 0 Å². The lowest BCUT2D eigenvalue weighted by molar-refractivity contribution is -0.124. The van der Waals surface area contributed by atoms with Crippen molar-refractivity contribution < 1.29 is 9.21 Å². The van der Waals surface area contributed by atoms with Crippen LogP contribution in [0.5, 0.6) is 0 Å². The largest absolute Gasteiger partial charge is 0.420 e. The highest BCUT2D eigenvalue weighted by molar-refractivity contribution is 6.31. The molecule has 0 radical (unpaired) electrons. The Morgan fingerprint density at radius 3 is 2.69 bits per heavy atom. The van der Waals surface area contributed by atoms with Gasteiger partial charge in [0.15, 0.2) is 5.58 Å². The maximum atomic E-state index is 12.3. The summed E-state index contributed by atoms with van der Waals surface area (Å²) in [7, 11) is 0. The Labute approximate surface area is 158 Å². The minimum Gasteiger partial charge on any atom is -0.408 e. The number of carbonyl (C=O) groups is 1. The lowest BCUT2D eigenvalue weighted by atomic mass is 10.0. The number of rotatable bonds is 5. The number of hydrogen-bond donors (Lipinski definition) is 1. The fourth-order valence-corrected chi connectivity index (χ4v) is 3.56. The molecule has 1 aliphatic rings. The van der Waals surface area contributed by atoms with Gasteiger partial charge in [0.05, 0.1) is 12.1 Å². The molecule has 0 unspecified atom stereocenters. The molecule has 2 heterocycles. The van der Waals surface area contributed by atoms with Crippen molar-refractivity contribution in [2.45, 2.75) is 51.6 Å². The van der Waals surface area contributed by atoms with E-state index in [1.807, 2.05) is 13.8 Å². The summed E-state index contributed by atoms with van der Waals surface area (Å²) in [6, 6.07) is 5.28. The summed E-state index contributed by atoms with van der Waals surface area (Å²) >= 11 is 6.07. The second-order valence-electron chi connectivity index (χ2n) is 7.64. The molecular weight excluding hydrogens is 354 g/mol. The van der Waals surface area contributed by atoms with Gasteiger partial charge >= 0.3 is 5.76 Å². The predicted octanol–water partition coefficient (Wildman–Crippen LogP) is 3.19. The van der Waals surface area contributed by atoms with Crippen LogP contribution in [0.2, 0.25) is 5.02 Å². The molecule has 0 atom stereocenters. The number of fused-ring (bicyclic) bond motifs is 1. The first-order valence-corrected chi connectivity index (χ1v) is 9.51. The van der Waals surface area contributed by atoms with Crippen LogP contribution in [0.15, 0.2) is 27.4 Å². The van der Waals surface area contributed by atoms with E-state index >= 15 is 0 Å². The number of nitrogens with one attached hydrogen (secondary N) is 1. The normalized spacial score (nSPS) is 16.9. The standard InChI is InChI=1S/C19H26ClN3O3/c1-4-19(2,3)21-17(24)12-22-9-7-14(8-10-22)23-15-11-13(20)5-6-16(15)26-18(23)25/h5-6,11,14H,4,7-10,12H2,1-3H3,(H,21,24). The van der Waals surface area contributed by atoms with Crippen LogP contribution >= 0.6 is 11.6 Å². The van der Waals surface area contributed by atoms with Gasteiger partial charge in [0, 0.05) is 29.7 Å². The van der Waals surface area contributed by atoms with E-state index in [4.69, 9.17) is 16.0 Å². The van der Waals surface area contributed by atoms with Crippen LogP contribution in [0.1, 0.15) is 46.1 Å². The Bertz CT molecular complexity index is 847. The van der Waals surface area contributed by atoms with Gasteiger partial charge in [-0.2, -0.15) is 0 Å². The van der Waals surface area contributed by atoms with Crippen LogP contribution in [-0.2, 0) is 4.79 Å². The molecule has 6 nitrogen and oxygen atoms in total. The Balaban J connectivity index is 1.64. The van der Waals surface area contributed by atoms with Crippen molar-refractivity contribution in [3.63, 3.8) is 0 Å². The number of amides is 1. The Hall–Kier alpha value is -1.79. The number of carbonyl (C=O) groups excluding carboxylic acids is 1. The van der Waals surface area contributed by atoms with Gasteiger partial charge in [-0.1, -0.05) is 18.5 Å². The minimum absolute atomic E-state index is 0.0491. The molecule has 1 aromatic heterocycles. The second kappa shape index (κ2) is 7.45. The lowest BCUT2D eigenvalue weighted by Gasteiger charge is -2.33. The molecule has 1 fully saturated rings. The third-order valence-corrected chi connectivity index (χ3v) is 5.46. The Morgan fingerprint density at radius 1 is 1.35 bits per heavy atom. The van der Waals surface area contributed by atoms with Crippen LogP contribution in [0.3, 0.4) is 0 Å². The molecular formula is C19H26ClN3O3. The van der Waals surface area contributed by atoms with Gasteiger partial charge in [-0.05, 0) is 51.3 Å². The van der Waals surface area contributed by atoms with Gasteiger partial charge in [-0.25, -0.2) is 4.79 Å². The van der Waals surface area contributed by atoms with E-state index in [9.17, 15) is 9.59 Å². The predicted molar refractivity (Wildman–Crippen MR) is 103 cm³/mol. The minimum atomic E-state index is -0.344. The van der Waals surface area contributed by atoms with E-state index < -0.39 is 0 Å². The average Bonchev–Trinajstić information content (AvgIpc) is 2.90. The molecule has 0 bridgehead atoms. The van der Waals surface area contributed by atoms with Crippen LogP contribution in [0.25, 0.3) is 11.1 Å². The van der Waals surface area contributed by atoms with Gasteiger partial charge in [-0.15, -0.1) is 0 Å². The van der Waals surface area contributed by atoms with Crippen molar-refractivity contribution in [3.8, 4) is 0 Å². The molecule has 26 heavy (non-hydrogen) atoms. The third-order valence-electron chi connectivity index (χ3n) is 5.23. The molecule has 1 aliphatic heterocycles. The molecule has 142 valence electrons. The summed E-state index contributed by atoms with van der Waals surface area (Å²) in [6.45, 7) is 8.04. The smallest absolute Gasteiger partial charge is 0.408 e. The van der Waals surface area contributed by atoms with Gasteiger partial charge < -0.3 is 9.73 Å². The zero-order valence-corrected chi connectivity index (χ0v) is 16.3. The number of aromatic nitrogens is 1. The fraction of sp³-hybridized carbons (Fsp3) is 0.579. The van der Waals surface area contributed by atoms with E-state index in [0.29, 0.717) is 17.2 Å². The van der Waals surface area contributed by atoms with Gasteiger partial charge in [0.25, 0.3) is 0 Å². The van der Waals surface area contributed by atoms with Gasteiger partial charge in [0.1, 0.15) is 0 Å². The quantitative estimate of drug-likeness (QED) is 0.866. The summed E-state index contributed by atoms with van der Waals surface area (Å²) in [6.07, 6.45) is 2.48. The fourth-order valence-electron chi connectivity index (χ4n) is 3.40. The molecule has 1 aromatic carbocycles. The molecule has 7 heteroatoms. The number of halogens is 1. The topological polar surface area (TPSA) is 67.5 Å². The monoisotopic (exact) mass is 379 g/mol. The van der Waals surface area contributed by atoms with Gasteiger partial charge in [0.2, 0.25) is 5.91 Å². The molecule has 2 aromatic rings. The average molecular weight is 380 g/mol. The highest BCUT2D eigenvalue weighted by Gasteiger charge is 2.26. The number of nitrogens with zero attached hydrogens (tertiary/aromatic N) is 2. The number of likely N-dealkylation sites (tertiary alicyclic amines) is 1. The zero-order valence-electron chi connectivity index (χ0n) is 15.5.